The Labute approximate surface area is 165 Å². The summed E-state index contributed by atoms with van der Waals surface area (Å²) in [6.07, 6.45) is -0.365. The lowest BCUT2D eigenvalue weighted by atomic mass is 10.1. The fourth-order valence-corrected chi connectivity index (χ4v) is 3.11. The molecule has 1 aliphatic rings. The Morgan fingerprint density at radius 1 is 1.10 bits per heavy atom. The molecule has 2 amide bonds. The summed E-state index contributed by atoms with van der Waals surface area (Å²) < 4.78 is 12.3. The van der Waals surface area contributed by atoms with Gasteiger partial charge in [0.2, 0.25) is 5.91 Å². The molecule has 1 aromatic heterocycles. The minimum absolute atomic E-state index is 0.0615. The second-order valence-electron chi connectivity index (χ2n) is 6.52. The van der Waals surface area contributed by atoms with E-state index in [4.69, 9.17) is 15.2 Å². The first-order valence-electron chi connectivity index (χ1n) is 8.98. The number of primary amides is 1. The summed E-state index contributed by atoms with van der Waals surface area (Å²) in [5, 5.41) is 7.30. The van der Waals surface area contributed by atoms with Crippen molar-refractivity contribution in [3.05, 3.63) is 64.6 Å². The molecular formula is C20H18N4O5. The molecule has 9 heteroatoms. The number of hydrogen-bond donors (Lipinski definition) is 2. The minimum atomic E-state index is -0.776. The van der Waals surface area contributed by atoms with Gasteiger partial charge < -0.3 is 20.5 Å². The Balaban J connectivity index is 1.46. The summed E-state index contributed by atoms with van der Waals surface area (Å²) in [7, 11) is 0. The molecule has 0 fully saturated rings. The zero-order valence-electron chi connectivity index (χ0n) is 15.3. The number of ether oxygens (including phenoxy) is 2. The molecule has 0 radical (unpaired) electrons. The molecule has 2 heterocycles. The predicted molar refractivity (Wildman–Crippen MR) is 104 cm³/mol. The number of aromatic nitrogens is 2. The van der Waals surface area contributed by atoms with Gasteiger partial charge in [-0.3, -0.25) is 14.4 Å². The maximum Gasteiger partial charge on any atom is 0.275 e. The molecule has 1 unspecified atom stereocenters. The van der Waals surface area contributed by atoms with Crippen LogP contribution in [-0.4, -0.2) is 40.9 Å². The first-order valence-corrected chi connectivity index (χ1v) is 8.98. The predicted octanol–water partition coefficient (Wildman–Crippen LogP) is 0.452. The van der Waals surface area contributed by atoms with Gasteiger partial charge in [-0.25, -0.2) is 4.68 Å². The summed E-state index contributed by atoms with van der Waals surface area (Å²) in [6.45, 7) is 0.129. The van der Waals surface area contributed by atoms with E-state index in [-0.39, 0.29) is 36.9 Å². The largest absolute Gasteiger partial charge is 0.486 e. The maximum atomic E-state index is 12.6. The van der Waals surface area contributed by atoms with E-state index in [1.54, 1.807) is 36.4 Å². The van der Waals surface area contributed by atoms with Crippen molar-refractivity contribution in [1.29, 1.82) is 0 Å². The molecule has 148 valence electrons. The monoisotopic (exact) mass is 394 g/mol. The van der Waals surface area contributed by atoms with Crippen LogP contribution in [0.1, 0.15) is 10.5 Å². The molecule has 3 N–H and O–H groups in total. The van der Waals surface area contributed by atoms with Crippen LogP contribution in [0.4, 0.5) is 0 Å². The van der Waals surface area contributed by atoms with Crippen molar-refractivity contribution in [2.24, 2.45) is 5.73 Å². The number of para-hydroxylation sites is 2. The van der Waals surface area contributed by atoms with E-state index in [0.29, 0.717) is 16.9 Å². The fraction of sp³-hybridized carbons (Fsp3) is 0.200. The van der Waals surface area contributed by atoms with Crippen LogP contribution in [0.25, 0.3) is 10.8 Å². The fourth-order valence-electron chi connectivity index (χ4n) is 3.11. The molecule has 3 aromatic rings. The molecule has 0 saturated heterocycles. The highest BCUT2D eigenvalue weighted by molar-refractivity contribution is 6.04. The second kappa shape index (κ2) is 7.63. The number of amides is 2. The van der Waals surface area contributed by atoms with Crippen LogP contribution in [-0.2, 0) is 11.3 Å². The highest BCUT2D eigenvalue weighted by Crippen LogP contribution is 2.30. The van der Waals surface area contributed by atoms with Crippen LogP contribution in [0, 0.1) is 0 Å². The lowest BCUT2D eigenvalue weighted by Crippen LogP contribution is -2.43. The zero-order chi connectivity index (χ0) is 20.4. The molecular weight excluding hydrogens is 376 g/mol. The topological polar surface area (TPSA) is 126 Å². The number of benzene rings is 2. The van der Waals surface area contributed by atoms with E-state index in [9.17, 15) is 14.4 Å². The van der Waals surface area contributed by atoms with Crippen molar-refractivity contribution in [3.63, 3.8) is 0 Å². The van der Waals surface area contributed by atoms with E-state index >= 15 is 0 Å². The SMILES string of the molecule is NC(=O)c1nn(CC(=O)NCC2COc3ccccc3O2)c(=O)c2ccccc12. The highest BCUT2D eigenvalue weighted by atomic mass is 16.6. The van der Waals surface area contributed by atoms with Gasteiger partial charge in [0.1, 0.15) is 19.3 Å². The van der Waals surface area contributed by atoms with Gasteiger partial charge in [0, 0.05) is 5.39 Å². The third-order valence-electron chi connectivity index (χ3n) is 4.49. The number of rotatable bonds is 5. The van der Waals surface area contributed by atoms with E-state index in [1.807, 2.05) is 12.1 Å². The number of fused-ring (bicyclic) bond motifs is 2. The third kappa shape index (κ3) is 3.75. The number of nitrogens with one attached hydrogen (secondary N) is 1. The van der Waals surface area contributed by atoms with Gasteiger partial charge in [-0.05, 0) is 18.2 Å². The van der Waals surface area contributed by atoms with Crippen LogP contribution in [0.15, 0.2) is 53.3 Å². The standard InChI is InChI=1S/C20H18N4O5/c21-19(26)18-13-5-1-2-6-14(13)20(27)24(23-18)10-17(25)22-9-12-11-28-15-7-3-4-8-16(15)29-12/h1-8,12H,9-11H2,(H2,21,26)(H,22,25). The van der Waals surface area contributed by atoms with Gasteiger partial charge >= 0.3 is 0 Å². The molecule has 1 atom stereocenters. The quantitative estimate of drug-likeness (QED) is 0.647. The second-order valence-corrected chi connectivity index (χ2v) is 6.52. The first-order chi connectivity index (χ1) is 14.0. The summed E-state index contributed by atoms with van der Waals surface area (Å²) in [4.78, 5) is 36.7. The number of hydrogen-bond acceptors (Lipinski definition) is 6. The Kier molecular flexibility index (Phi) is 4.86. The lowest BCUT2D eigenvalue weighted by molar-refractivity contribution is -0.122. The molecule has 0 aliphatic carbocycles. The van der Waals surface area contributed by atoms with Crippen molar-refractivity contribution < 1.29 is 19.1 Å². The number of nitrogens with two attached hydrogens (primary N) is 1. The molecule has 9 nitrogen and oxygen atoms in total. The molecule has 0 saturated carbocycles. The van der Waals surface area contributed by atoms with Crippen molar-refractivity contribution >= 4 is 22.6 Å². The van der Waals surface area contributed by atoms with Crippen molar-refractivity contribution in [2.45, 2.75) is 12.6 Å². The lowest BCUT2D eigenvalue weighted by Gasteiger charge is -2.26. The van der Waals surface area contributed by atoms with Crippen LogP contribution >= 0.6 is 0 Å². The number of carbonyl (C=O) groups excluding carboxylic acids is 2. The van der Waals surface area contributed by atoms with Crippen LogP contribution in [0.5, 0.6) is 11.5 Å². The molecule has 0 spiro atoms. The average molecular weight is 394 g/mol. The molecule has 1 aliphatic heterocycles. The third-order valence-corrected chi connectivity index (χ3v) is 4.49. The average Bonchev–Trinajstić information content (AvgIpc) is 2.74. The van der Waals surface area contributed by atoms with Crippen molar-refractivity contribution in [1.82, 2.24) is 15.1 Å². The van der Waals surface area contributed by atoms with Gasteiger partial charge in [0.15, 0.2) is 17.2 Å². The molecule has 2 aromatic carbocycles. The maximum absolute atomic E-state index is 12.6. The number of carbonyl (C=O) groups is 2. The van der Waals surface area contributed by atoms with E-state index in [1.165, 1.54) is 0 Å². The Morgan fingerprint density at radius 3 is 2.55 bits per heavy atom. The summed E-state index contributed by atoms with van der Waals surface area (Å²) >= 11 is 0. The van der Waals surface area contributed by atoms with E-state index in [2.05, 4.69) is 10.4 Å². The van der Waals surface area contributed by atoms with Crippen LogP contribution in [0.3, 0.4) is 0 Å². The Bertz CT molecular complexity index is 1160. The minimum Gasteiger partial charge on any atom is -0.486 e. The smallest absolute Gasteiger partial charge is 0.275 e. The first kappa shape index (κ1) is 18.5. The number of nitrogens with zero attached hydrogens (tertiary/aromatic N) is 2. The Morgan fingerprint density at radius 2 is 1.79 bits per heavy atom. The zero-order valence-corrected chi connectivity index (χ0v) is 15.3. The molecule has 29 heavy (non-hydrogen) atoms. The van der Waals surface area contributed by atoms with Gasteiger partial charge in [0.25, 0.3) is 11.5 Å². The Hall–Kier alpha value is -3.88. The highest BCUT2D eigenvalue weighted by Gasteiger charge is 2.21. The van der Waals surface area contributed by atoms with Gasteiger partial charge in [0.05, 0.1) is 11.9 Å². The van der Waals surface area contributed by atoms with Gasteiger partial charge in [-0.1, -0.05) is 30.3 Å². The summed E-state index contributed by atoms with van der Waals surface area (Å²) in [5.74, 6) is 0.0343. The van der Waals surface area contributed by atoms with Crippen LogP contribution in [0.2, 0.25) is 0 Å². The van der Waals surface area contributed by atoms with Crippen molar-refractivity contribution in [2.75, 3.05) is 13.2 Å². The van der Waals surface area contributed by atoms with E-state index in [0.717, 1.165) is 4.68 Å². The summed E-state index contributed by atoms with van der Waals surface area (Å²) in [6, 6.07) is 13.8. The summed E-state index contributed by atoms with van der Waals surface area (Å²) in [5.41, 5.74) is 4.84. The molecule has 4 rings (SSSR count). The normalized spacial score (nSPS) is 15.1. The van der Waals surface area contributed by atoms with Crippen molar-refractivity contribution in [3.8, 4) is 11.5 Å². The van der Waals surface area contributed by atoms with Crippen LogP contribution < -0.4 is 26.1 Å². The van der Waals surface area contributed by atoms with Gasteiger partial charge in [-0.15, -0.1) is 0 Å². The molecule has 0 bridgehead atoms. The van der Waals surface area contributed by atoms with Gasteiger partial charge in [-0.2, -0.15) is 5.10 Å². The van der Waals surface area contributed by atoms with E-state index < -0.39 is 17.4 Å².